The zero-order valence-corrected chi connectivity index (χ0v) is 10.9. The van der Waals surface area contributed by atoms with Crippen LogP contribution in [0.4, 0.5) is 0 Å². The van der Waals surface area contributed by atoms with E-state index in [0.29, 0.717) is 0 Å². The van der Waals surface area contributed by atoms with Crippen molar-refractivity contribution >= 4 is 0 Å². The largest absolute Gasteiger partial charge is 0.317 e. The van der Waals surface area contributed by atoms with Crippen molar-refractivity contribution in [3.8, 4) is 0 Å². The molecule has 0 aliphatic heterocycles. The van der Waals surface area contributed by atoms with Gasteiger partial charge in [-0.1, -0.05) is 20.8 Å². The maximum absolute atomic E-state index is 3.40. The molecule has 0 radical (unpaired) electrons. The zero-order valence-electron chi connectivity index (χ0n) is 10.9. The first-order valence-electron chi connectivity index (χ1n) is 6.58. The summed E-state index contributed by atoms with van der Waals surface area (Å²) in [5, 5.41) is 3.40. The normalized spacial score (nSPS) is 27.6. The molecule has 0 saturated heterocycles. The molecule has 90 valence electrons. The molecule has 1 N–H and O–H groups in total. The predicted octanol–water partition coefficient (Wildman–Crippen LogP) is 2.49. The maximum atomic E-state index is 3.40. The first-order chi connectivity index (χ1) is 7.17. The van der Waals surface area contributed by atoms with Gasteiger partial charge in [-0.15, -0.1) is 0 Å². The molecule has 15 heavy (non-hydrogen) atoms. The average Bonchev–Trinajstić information content (AvgIpc) is 2.26. The third kappa shape index (κ3) is 4.12. The molecule has 2 nitrogen and oxygen atoms in total. The van der Waals surface area contributed by atoms with Crippen LogP contribution >= 0.6 is 0 Å². The van der Waals surface area contributed by atoms with E-state index in [1.807, 2.05) is 0 Å². The van der Waals surface area contributed by atoms with E-state index < -0.39 is 0 Å². The van der Waals surface area contributed by atoms with Gasteiger partial charge in [0.1, 0.15) is 0 Å². The van der Waals surface area contributed by atoms with Crippen LogP contribution in [-0.4, -0.2) is 37.1 Å². The summed E-state index contributed by atoms with van der Waals surface area (Å²) in [4.78, 5) is 2.68. The Bertz CT molecular complexity index is 160. The molecule has 1 fully saturated rings. The lowest BCUT2D eigenvalue weighted by atomic mass is 9.90. The van der Waals surface area contributed by atoms with Crippen molar-refractivity contribution in [2.45, 2.75) is 58.5 Å². The van der Waals surface area contributed by atoms with Gasteiger partial charge in [-0.05, 0) is 45.2 Å². The van der Waals surface area contributed by atoms with Gasteiger partial charge in [0, 0.05) is 18.6 Å². The van der Waals surface area contributed by atoms with Crippen LogP contribution in [0.25, 0.3) is 0 Å². The highest BCUT2D eigenvalue weighted by Gasteiger charge is 2.24. The van der Waals surface area contributed by atoms with E-state index in [1.54, 1.807) is 0 Å². The van der Waals surface area contributed by atoms with Crippen LogP contribution < -0.4 is 5.32 Å². The molecular formula is C13H28N2. The van der Waals surface area contributed by atoms with Crippen LogP contribution in [0.15, 0.2) is 0 Å². The highest BCUT2D eigenvalue weighted by Crippen LogP contribution is 2.23. The summed E-state index contributed by atoms with van der Waals surface area (Å²) < 4.78 is 0. The van der Waals surface area contributed by atoms with Crippen molar-refractivity contribution in [2.75, 3.05) is 20.1 Å². The van der Waals surface area contributed by atoms with Crippen LogP contribution in [0.5, 0.6) is 0 Å². The summed E-state index contributed by atoms with van der Waals surface area (Å²) in [6.45, 7) is 9.43. The lowest BCUT2D eigenvalue weighted by Gasteiger charge is -2.37. The van der Waals surface area contributed by atoms with Gasteiger partial charge in [0.2, 0.25) is 0 Å². The Morgan fingerprint density at radius 3 is 2.20 bits per heavy atom. The van der Waals surface area contributed by atoms with Crippen molar-refractivity contribution in [1.82, 2.24) is 10.2 Å². The number of hydrogen-bond acceptors (Lipinski definition) is 2. The first-order valence-corrected chi connectivity index (χ1v) is 6.58. The van der Waals surface area contributed by atoms with Gasteiger partial charge in [-0.25, -0.2) is 0 Å². The Kier molecular flexibility index (Phi) is 5.62. The Hall–Kier alpha value is -0.0800. The third-order valence-corrected chi connectivity index (χ3v) is 3.63. The van der Waals surface area contributed by atoms with Crippen molar-refractivity contribution in [2.24, 2.45) is 5.92 Å². The molecule has 0 unspecified atom stereocenters. The fourth-order valence-corrected chi connectivity index (χ4v) is 2.74. The summed E-state index contributed by atoms with van der Waals surface area (Å²) in [5.74, 6) is 0.798. The molecule has 0 bridgehead atoms. The van der Waals surface area contributed by atoms with E-state index in [2.05, 4.69) is 38.0 Å². The molecule has 1 aliphatic rings. The monoisotopic (exact) mass is 212 g/mol. The van der Waals surface area contributed by atoms with Crippen LogP contribution in [-0.2, 0) is 0 Å². The van der Waals surface area contributed by atoms with Crippen LogP contribution in [0, 0.1) is 5.92 Å². The predicted molar refractivity (Wildman–Crippen MR) is 67.2 cm³/mol. The van der Waals surface area contributed by atoms with E-state index in [9.17, 15) is 0 Å². The van der Waals surface area contributed by atoms with Gasteiger partial charge < -0.3 is 10.2 Å². The Morgan fingerprint density at radius 1 is 1.20 bits per heavy atom. The highest BCUT2D eigenvalue weighted by molar-refractivity contribution is 4.82. The van der Waals surface area contributed by atoms with Gasteiger partial charge in [0.15, 0.2) is 0 Å². The minimum atomic E-state index is 0.777. The molecule has 0 spiro atoms. The number of hydrogen-bond donors (Lipinski definition) is 1. The minimum absolute atomic E-state index is 0.777. The van der Waals surface area contributed by atoms with E-state index >= 15 is 0 Å². The van der Waals surface area contributed by atoms with Gasteiger partial charge in [-0.2, -0.15) is 0 Å². The van der Waals surface area contributed by atoms with E-state index in [1.165, 1.54) is 38.8 Å². The van der Waals surface area contributed by atoms with E-state index in [0.717, 1.165) is 18.0 Å². The lowest BCUT2D eigenvalue weighted by molar-refractivity contribution is 0.137. The van der Waals surface area contributed by atoms with E-state index in [4.69, 9.17) is 0 Å². The topological polar surface area (TPSA) is 15.3 Å². The van der Waals surface area contributed by atoms with Crippen molar-refractivity contribution in [3.05, 3.63) is 0 Å². The van der Waals surface area contributed by atoms with Crippen LogP contribution in [0.3, 0.4) is 0 Å². The van der Waals surface area contributed by atoms with Gasteiger partial charge in [0.05, 0.1) is 0 Å². The van der Waals surface area contributed by atoms with Crippen molar-refractivity contribution in [3.63, 3.8) is 0 Å². The molecule has 0 atom stereocenters. The molecule has 0 aromatic rings. The molecule has 1 saturated carbocycles. The van der Waals surface area contributed by atoms with E-state index in [-0.39, 0.29) is 0 Å². The van der Waals surface area contributed by atoms with Crippen LogP contribution in [0.1, 0.15) is 46.5 Å². The molecule has 0 aromatic heterocycles. The molecule has 0 aromatic carbocycles. The smallest absolute Gasteiger partial charge is 0.00964 e. The first kappa shape index (κ1) is 13.0. The molecule has 2 heteroatoms. The number of nitrogens with zero attached hydrogens (tertiary/aromatic N) is 1. The molecule has 1 aliphatic carbocycles. The third-order valence-electron chi connectivity index (χ3n) is 3.63. The van der Waals surface area contributed by atoms with Gasteiger partial charge in [-0.3, -0.25) is 0 Å². The zero-order chi connectivity index (χ0) is 11.3. The molecule has 0 heterocycles. The number of rotatable bonds is 5. The lowest BCUT2D eigenvalue weighted by Crippen LogP contribution is -2.43. The summed E-state index contributed by atoms with van der Waals surface area (Å²) in [7, 11) is 2.09. The van der Waals surface area contributed by atoms with Gasteiger partial charge in [0.25, 0.3) is 0 Å². The van der Waals surface area contributed by atoms with Crippen molar-refractivity contribution < 1.29 is 0 Å². The number of nitrogens with one attached hydrogen (secondary N) is 1. The fraction of sp³-hybridized carbons (Fsp3) is 1.00. The standard InChI is InChI=1S/C13H28N2/c1-5-15(10-11(2)3)13-8-6-12(14-4)7-9-13/h11-14H,5-10H2,1-4H3. The summed E-state index contributed by atoms with van der Waals surface area (Å²) in [5.41, 5.74) is 0. The highest BCUT2D eigenvalue weighted by atomic mass is 15.2. The van der Waals surface area contributed by atoms with Gasteiger partial charge >= 0.3 is 0 Å². The quantitative estimate of drug-likeness (QED) is 0.753. The molecule has 0 amide bonds. The average molecular weight is 212 g/mol. The second kappa shape index (κ2) is 6.49. The summed E-state index contributed by atoms with van der Waals surface area (Å²) in [6.07, 6.45) is 5.48. The maximum Gasteiger partial charge on any atom is 0.00964 e. The molecule has 1 rings (SSSR count). The SMILES string of the molecule is CCN(CC(C)C)C1CCC(NC)CC1. The Morgan fingerprint density at radius 2 is 1.80 bits per heavy atom. The Labute approximate surface area is 95.4 Å². The fourth-order valence-electron chi connectivity index (χ4n) is 2.74. The second-order valence-electron chi connectivity index (χ2n) is 5.28. The summed E-state index contributed by atoms with van der Waals surface area (Å²) >= 11 is 0. The minimum Gasteiger partial charge on any atom is -0.317 e. The van der Waals surface area contributed by atoms with Crippen molar-refractivity contribution in [1.29, 1.82) is 0 Å². The Balaban J connectivity index is 2.35. The second-order valence-corrected chi connectivity index (χ2v) is 5.28. The molecular weight excluding hydrogens is 184 g/mol. The van der Waals surface area contributed by atoms with Crippen LogP contribution in [0.2, 0.25) is 0 Å². The summed E-state index contributed by atoms with van der Waals surface area (Å²) in [6, 6.07) is 1.63.